The standard InChI is InChI=1S/C15H25NO2/c1-11(2)18-9-8-16(5)13(4)14-10-12(3)6-7-15(14)17/h6-7,10-11,13,17H,8-9H2,1-5H3. The van der Waals surface area contributed by atoms with Crippen LogP contribution < -0.4 is 0 Å². The van der Waals surface area contributed by atoms with Crippen LogP contribution >= 0.6 is 0 Å². The zero-order chi connectivity index (χ0) is 13.7. The fourth-order valence-electron chi connectivity index (χ4n) is 1.87. The lowest BCUT2D eigenvalue weighted by Crippen LogP contribution is -2.27. The molecule has 0 radical (unpaired) electrons. The fraction of sp³-hybridized carbons (Fsp3) is 0.600. The third kappa shape index (κ3) is 4.31. The molecular formula is C15H25NO2. The number of phenolic OH excluding ortho intramolecular Hbond substituents is 1. The molecule has 1 N–H and O–H groups in total. The van der Waals surface area contributed by atoms with Crippen molar-refractivity contribution in [1.82, 2.24) is 4.90 Å². The molecule has 1 aromatic carbocycles. The van der Waals surface area contributed by atoms with Crippen molar-refractivity contribution in [2.75, 3.05) is 20.2 Å². The summed E-state index contributed by atoms with van der Waals surface area (Å²) in [6.07, 6.45) is 0.265. The van der Waals surface area contributed by atoms with Gasteiger partial charge in [0.2, 0.25) is 0 Å². The molecule has 1 unspecified atom stereocenters. The number of aryl methyl sites for hydroxylation is 1. The van der Waals surface area contributed by atoms with E-state index in [9.17, 15) is 5.11 Å². The summed E-state index contributed by atoms with van der Waals surface area (Å²) >= 11 is 0. The second-order valence-corrected chi connectivity index (χ2v) is 5.14. The molecule has 3 nitrogen and oxygen atoms in total. The van der Waals surface area contributed by atoms with Gasteiger partial charge in [-0.3, -0.25) is 4.90 Å². The Labute approximate surface area is 110 Å². The molecule has 1 rings (SSSR count). The Hall–Kier alpha value is -1.06. The van der Waals surface area contributed by atoms with Crippen molar-refractivity contribution in [1.29, 1.82) is 0 Å². The molecule has 0 aliphatic heterocycles. The minimum absolute atomic E-state index is 0.181. The molecule has 1 aromatic rings. The maximum Gasteiger partial charge on any atom is 0.120 e. The van der Waals surface area contributed by atoms with Crippen molar-refractivity contribution < 1.29 is 9.84 Å². The highest BCUT2D eigenvalue weighted by Crippen LogP contribution is 2.28. The van der Waals surface area contributed by atoms with Crippen LogP contribution in [0, 0.1) is 6.92 Å². The summed E-state index contributed by atoms with van der Waals surface area (Å²) in [5.74, 6) is 0.365. The van der Waals surface area contributed by atoms with Gasteiger partial charge in [-0.25, -0.2) is 0 Å². The van der Waals surface area contributed by atoms with Crippen LogP contribution in [0.25, 0.3) is 0 Å². The van der Waals surface area contributed by atoms with Crippen LogP contribution in [0.15, 0.2) is 18.2 Å². The minimum atomic E-state index is 0.181. The van der Waals surface area contributed by atoms with Gasteiger partial charge in [0.15, 0.2) is 0 Å². The maximum atomic E-state index is 9.91. The molecular weight excluding hydrogens is 226 g/mol. The summed E-state index contributed by atoms with van der Waals surface area (Å²) in [6, 6.07) is 5.91. The second kappa shape index (κ2) is 6.76. The summed E-state index contributed by atoms with van der Waals surface area (Å²) in [6.45, 7) is 9.78. The van der Waals surface area contributed by atoms with Crippen molar-refractivity contribution in [2.45, 2.75) is 39.8 Å². The van der Waals surface area contributed by atoms with Crippen molar-refractivity contribution in [3.05, 3.63) is 29.3 Å². The number of rotatable bonds is 6. The summed E-state index contributed by atoms with van der Waals surface area (Å²) in [5, 5.41) is 9.91. The molecule has 102 valence electrons. The number of likely N-dealkylation sites (N-methyl/N-ethyl adjacent to an activating group) is 1. The van der Waals surface area contributed by atoms with Gasteiger partial charge in [-0.15, -0.1) is 0 Å². The third-order valence-corrected chi connectivity index (χ3v) is 3.19. The van der Waals surface area contributed by atoms with E-state index in [1.165, 1.54) is 5.56 Å². The van der Waals surface area contributed by atoms with Gasteiger partial charge in [0.1, 0.15) is 5.75 Å². The van der Waals surface area contributed by atoms with E-state index in [1.54, 1.807) is 6.07 Å². The lowest BCUT2D eigenvalue weighted by Gasteiger charge is -2.26. The van der Waals surface area contributed by atoms with Gasteiger partial charge in [-0.1, -0.05) is 17.7 Å². The molecule has 0 amide bonds. The van der Waals surface area contributed by atoms with Gasteiger partial charge in [0.25, 0.3) is 0 Å². The Kier molecular flexibility index (Phi) is 5.63. The van der Waals surface area contributed by atoms with Crippen LogP contribution in [-0.4, -0.2) is 36.3 Å². The molecule has 0 saturated heterocycles. The van der Waals surface area contributed by atoms with E-state index < -0.39 is 0 Å². The first kappa shape index (κ1) is 15.0. The first-order chi connectivity index (χ1) is 8.41. The first-order valence-electron chi connectivity index (χ1n) is 6.53. The summed E-state index contributed by atoms with van der Waals surface area (Å²) in [7, 11) is 2.05. The van der Waals surface area contributed by atoms with Crippen molar-refractivity contribution in [3.8, 4) is 5.75 Å². The number of phenols is 1. The highest BCUT2D eigenvalue weighted by molar-refractivity contribution is 5.37. The van der Waals surface area contributed by atoms with E-state index in [1.807, 2.05) is 32.9 Å². The number of benzene rings is 1. The highest BCUT2D eigenvalue weighted by Gasteiger charge is 2.15. The molecule has 3 heteroatoms. The largest absolute Gasteiger partial charge is 0.508 e. The van der Waals surface area contributed by atoms with Gasteiger partial charge in [-0.05, 0) is 40.8 Å². The molecule has 1 atom stereocenters. The smallest absolute Gasteiger partial charge is 0.120 e. The average Bonchev–Trinajstić information content (AvgIpc) is 2.30. The molecule has 0 heterocycles. The molecule has 0 spiro atoms. The molecule has 0 fully saturated rings. The van der Waals surface area contributed by atoms with Crippen molar-refractivity contribution in [3.63, 3.8) is 0 Å². The van der Waals surface area contributed by atoms with Crippen LogP contribution in [-0.2, 0) is 4.74 Å². The minimum Gasteiger partial charge on any atom is -0.508 e. The van der Waals surface area contributed by atoms with Crippen LogP contribution in [0.1, 0.15) is 37.9 Å². The highest BCUT2D eigenvalue weighted by atomic mass is 16.5. The van der Waals surface area contributed by atoms with E-state index in [0.29, 0.717) is 12.4 Å². The van der Waals surface area contributed by atoms with Crippen molar-refractivity contribution >= 4 is 0 Å². The van der Waals surface area contributed by atoms with Gasteiger partial charge in [0.05, 0.1) is 12.7 Å². The number of aromatic hydroxyl groups is 1. The SMILES string of the molecule is Cc1ccc(O)c(C(C)N(C)CCOC(C)C)c1. The Morgan fingerprint density at radius 1 is 1.28 bits per heavy atom. The van der Waals surface area contributed by atoms with Crippen molar-refractivity contribution in [2.24, 2.45) is 0 Å². The molecule has 0 aliphatic carbocycles. The quantitative estimate of drug-likeness (QED) is 0.843. The molecule has 0 aromatic heterocycles. The molecule has 0 saturated carbocycles. The third-order valence-electron chi connectivity index (χ3n) is 3.19. The normalized spacial score (nSPS) is 13.3. The summed E-state index contributed by atoms with van der Waals surface area (Å²) < 4.78 is 5.55. The van der Waals surface area contributed by atoms with E-state index >= 15 is 0 Å². The summed E-state index contributed by atoms with van der Waals surface area (Å²) in [5.41, 5.74) is 2.14. The number of hydrogen-bond acceptors (Lipinski definition) is 3. The van der Waals surface area contributed by atoms with Crippen LogP contribution in [0.5, 0.6) is 5.75 Å². The zero-order valence-corrected chi connectivity index (χ0v) is 12.1. The second-order valence-electron chi connectivity index (χ2n) is 5.14. The van der Waals surface area contributed by atoms with E-state index in [2.05, 4.69) is 18.9 Å². The fourth-order valence-corrected chi connectivity index (χ4v) is 1.87. The topological polar surface area (TPSA) is 32.7 Å². The molecule has 0 aliphatic rings. The lowest BCUT2D eigenvalue weighted by atomic mass is 10.0. The first-order valence-corrected chi connectivity index (χ1v) is 6.53. The predicted octanol–water partition coefficient (Wildman–Crippen LogP) is 3.12. The average molecular weight is 251 g/mol. The van der Waals surface area contributed by atoms with E-state index in [0.717, 1.165) is 12.1 Å². The number of ether oxygens (including phenoxy) is 1. The van der Waals surface area contributed by atoms with Crippen LogP contribution in [0.4, 0.5) is 0 Å². The Bertz CT molecular complexity index is 377. The van der Waals surface area contributed by atoms with E-state index in [-0.39, 0.29) is 12.1 Å². The maximum absolute atomic E-state index is 9.91. The van der Waals surface area contributed by atoms with Gasteiger partial charge >= 0.3 is 0 Å². The predicted molar refractivity (Wildman–Crippen MR) is 75.0 cm³/mol. The van der Waals surface area contributed by atoms with Gasteiger partial charge in [0, 0.05) is 18.2 Å². The number of nitrogens with zero attached hydrogens (tertiary/aromatic N) is 1. The van der Waals surface area contributed by atoms with E-state index in [4.69, 9.17) is 4.74 Å². The zero-order valence-electron chi connectivity index (χ0n) is 12.1. The van der Waals surface area contributed by atoms with Gasteiger partial charge in [-0.2, -0.15) is 0 Å². The Morgan fingerprint density at radius 3 is 2.56 bits per heavy atom. The van der Waals surface area contributed by atoms with Crippen LogP contribution in [0.3, 0.4) is 0 Å². The summed E-state index contributed by atoms with van der Waals surface area (Å²) in [4.78, 5) is 2.19. The Morgan fingerprint density at radius 2 is 1.94 bits per heavy atom. The molecule has 0 bridgehead atoms. The van der Waals surface area contributed by atoms with Crippen LogP contribution in [0.2, 0.25) is 0 Å². The van der Waals surface area contributed by atoms with Gasteiger partial charge < -0.3 is 9.84 Å². The monoisotopic (exact) mass is 251 g/mol. The number of hydrogen-bond donors (Lipinski definition) is 1. The molecule has 18 heavy (non-hydrogen) atoms. The Balaban J connectivity index is 2.62. The lowest BCUT2D eigenvalue weighted by molar-refractivity contribution is 0.0570.